The van der Waals surface area contributed by atoms with Crippen LogP contribution >= 0.6 is 34.7 Å². The second-order valence-electron chi connectivity index (χ2n) is 5.04. The van der Waals surface area contributed by atoms with Crippen molar-refractivity contribution in [3.05, 3.63) is 45.0 Å². The summed E-state index contributed by atoms with van der Waals surface area (Å²) in [4.78, 5) is 29.1. The highest BCUT2D eigenvalue weighted by Crippen LogP contribution is 2.32. The van der Waals surface area contributed by atoms with Crippen LogP contribution in [0.1, 0.15) is 6.92 Å². The van der Waals surface area contributed by atoms with Crippen LogP contribution in [-0.4, -0.2) is 21.2 Å². The zero-order valence-electron chi connectivity index (χ0n) is 12.8. The van der Waals surface area contributed by atoms with Gasteiger partial charge in [0.2, 0.25) is 5.91 Å². The summed E-state index contributed by atoms with van der Waals surface area (Å²) in [5.41, 5.74) is 6.85. The molecular weight excluding hydrogens is 366 g/mol. The predicted molar refractivity (Wildman–Crippen MR) is 99.9 cm³/mol. The van der Waals surface area contributed by atoms with Crippen molar-refractivity contribution >= 4 is 50.8 Å². The fraction of sp³-hybridized carbons (Fsp3) is 0.188. The van der Waals surface area contributed by atoms with Crippen LogP contribution in [0.3, 0.4) is 0 Å². The number of aromatic nitrogens is 2. The van der Waals surface area contributed by atoms with Crippen LogP contribution in [0, 0.1) is 0 Å². The molecule has 8 heteroatoms. The van der Waals surface area contributed by atoms with Crippen LogP contribution in [0.4, 0.5) is 0 Å². The minimum atomic E-state index is -0.440. The van der Waals surface area contributed by atoms with E-state index < -0.39 is 5.91 Å². The SMILES string of the molecule is CCn1c(SCC(N)=O)nc2scc(-c3ccc(Cl)cc3)c2c1=O. The topological polar surface area (TPSA) is 78.0 Å². The lowest BCUT2D eigenvalue weighted by molar-refractivity contribution is -0.115. The van der Waals surface area contributed by atoms with Crippen molar-refractivity contribution in [3.8, 4) is 11.1 Å². The maximum Gasteiger partial charge on any atom is 0.263 e. The maximum absolute atomic E-state index is 12.9. The lowest BCUT2D eigenvalue weighted by Crippen LogP contribution is -2.23. The van der Waals surface area contributed by atoms with Gasteiger partial charge >= 0.3 is 0 Å². The second kappa shape index (κ2) is 6.96. The Labute approximate surface area is 151 Å². The van der Waals surface area contributed by atoms with Gasteiger partial charge in [-0.05, 0) is 24.6 Å². The van der Waals surface area contributed by atoms with Gasteiger partial charge in [-0.3, -0.25) is 14.2 Å². The van der Waals surface area contributed by atoms with Crippen LogP contribution < -0.4 is 11.3 Å². The number of hydrogen-bond acceptors (Lipinski definition) is 5. The molecule has 0 spiro atoms. The van der Waals surface area contributed by atoms with E-state index in [-0.39, 0.29) is 11.3 Å². The van der Waals surface area contributed by atoms with Crippen LogP contribution in [-0.2, 0) is 11.3 Å². The second-order valence-corrected chi connectivity index (χ2v) is 7.27. The van der Waals surface area contributed by atoms with Gasteiger partial charge in [-0.15, -0.1) is 11.3 Å². The van der Waals surface area contributed by atoms with Gasteiger partial charge in [0.05, 0.1) is 11.1 Å². The largest absolute Gasteiger partial charge is 0.369 e. The number of hydrogen-bond donors (Lipinski definition) is 1. The first-order chi connectivity index (χ1) is 11.5. The first kappa shape index (κ1) is 17.0. The molecule has 0 bridgehead atoms. The Hall–Kier alpha value is -1.83. The van der Waals surface area contributed by atoms with Gasteiger partial charge in [-0.1, -0.05) is 35.5 Å². The van der Waals surface area contributed by atoms with Gasteiger partial charge in [0.1, 0.15) is 4.83 Å². The molecular formula is C16H14ClN3O2S2. The van der Waals surface area contributed by atoms with E-state index in [4.69, 9.17) is 17.3 Å². The monoisotopic (exact) mass is 379 g/mol. The molecule has 3 rings (SSSR count). The molecule has 2 N–H and O–H groups in total. The summed E-state index contributed by atoms with van der Waals surface area (Å²) in [5.74, 6) is -0.349. The van der Waals surface area contributed by atoms with Crippen molar-refractivity contribution in [2.45, 2.75) is 18.6 Å². The van der Waals surface area contributed by atoms with E-state index in [1.54, 1.807) is 16.7 Å². The highest BCUT2D eigenvalue weighted by Gasteiger charge is 2.17. The molecule has 24 heavy (non-hydrogen) atoms. The quantitative estimate of drug-likeness (QED) is 0.544. The Kier molecular flexibility index (Phi) is 4.93. The third-order valence-corrected chi connectivity index (χ3v) is 5.60. The highest BCUT2D eigenvalue weighted by molar-refractivity contribution is 7.99. The summed E-state index contributed by atoms with van der Waals surface area (Å²) in [6.45, 7) is 2.34. The van der Waals surface area contributed by atoms with E-state index in [0.29, 0.717) is 26.9 Å². The van der Waals surface area contributed by atoms with Crippen molar-refractivity contribution < 1.29 is 4.79 Å². The van der Waals surface area contributed by atoms with E-state index in [1.165, 1.54) is 23.1 Å². The van der Waals surface area contributed by atoms with Crippen molar-refractivity contribution in [2.75, 3.05) is 5.75 Å². The molecule has 1 amide bonds. The smallest absolute Gasteiger partial charge is 0.263 e. The zero-order chi connectivity index (χ0) is 17.3. The average molecular weight is 380 g/mol. The van der Waals surface area contributed by atoms with Gasteiger partial charge in [-0.2, -0.15) is 0 Å². The lowest BCUT2D eigenvalue weighted by Gasteiger charge is -2.09. The molecule has 0 radical (unpaired) electrons. The Morgan fingerprint density at radius 2 is 2.08 bits per heavy atom. The molecule has 1 aromatic carbocycles. The molecule has 5 nitrogen and oxygen atoms in total. The number of nitrogens with zero attached hydrogens (tertiary/aromatic N) is 2. The van der Waals surface area contributed by atoms with E-state index in [1.807, 2.05) is 24.4 Å². The number of nitrogens with two attached hydrogens (primary N) is 1. The fourth-order valence-corrected chi connectivity index (χ4v) is 4.29. The number of carbonyl (C=O) groups is 1. The molecule has 0 aliphatic rings. The number of benzene rings is 1. The summed E-state index contributed by atoms with van der Waals surface area (Å²) in [6, 6.07) is 7.36. The molecule has 0 fully saturated rings. The molecule has 0 atom stereocenters. The first-order valence-electron chi connectivity index (χ1n) is 7.20. The van der Waals surface area contributed by atoms with E-state index in [9.17, 15) is 9.59 Å². The fourth-order valence-electron chi connectivity index (χ4n) is 2.37. The summed E-state index contributed by atoms with van der Waals surface area (Å²) in [7, 11) is 0. The summed E-state index contributed by atoms with van der Waals surface area (Å²) in [5, 5.41) is 3.67. The number of rotatable bonds is 5. The molecule has 0 aliphatic carbocycles. The average Bonchev–Trinajstić information content (AvgIpc) is 2.98. The Bertz CT molecular complexity index is 964. The first-order valence-corrected chi connectivity index (χ1v) is 9.44. The molecule has 0 saturated carbocycles. The van der Waals surface area contributed by atoms with Crippen LogP contribution in [0.25, 0.3) is 21.3 Å². The Balaban J connectivity index is 2.17. The highest BCUT2D eigenvalue weighted by atomic mass is 35.5. The third kappa shape index (κ3) is 3.19. The molecule has 124 valence electrons. The van der Waals surface area contributed by atoms with Crippen LogP contribution in [0.2, 0.25) is 5.02 Å². The van der Waals surface area contributed by atoms with Gasteiger partial charge in [0, 0.05) is 22.5 Å². The number of carbonyl (C=O) groups excluding carboxylic acids is 1. The number of thiophene rings is 1. The van der Waals surface area contributed by atoms with Crippen LogP contribution in [0.15, 0.2) is 39.6 Å². The van der Waals surface area contributed by atoms with Gasteiger partial charge in [0.15, 0.2) is 5.16 Å². The third-order valence-electron chi connectivity index (χ3n) is 3.47. The molecule has 2 heterocycles. The van der Waals surface area contributed by atoms with Gasteiger partial charge in [-0.25, -0.2) is 4.98 Å². The Morgan fingerprint density at radius 3 is 2.71 bits per heavy atom. The predicted octanol–water partition coefficient (Wildman–Crippen LogP) is 3.38. The molecule has 2 aromatic heterocycles. The molecule has 0 aliphatic heterocycles. The van der Waals surface area contributed by atoms with Crippen molar-refractivity contribution in [1.29, 1.82) is 0 Å². The minimum absolute atomic E-state index is 0.0906. The maximum atomic E-state index is 12.9. The number of thioether (sulfide) groups is 1. The van der Waals surface area contributed by atoms with Gasteiger partial charge < -0.3 is 5.73 Å². The molecule has 0 saturated heterocycles. The van der Waals surface area contributed by atoms with E-state index in [2.05, 4.69) is 4.98 Å². The zero-order valence-corrected chi connectivity index (χ0v) is 15.2. The van der Waals surface area contributed by atoms with Crippen LogP contribution in [0.5, 0.6) is 0 Å². The van der Waals surface area contributed by atoms with Crippen molar-refractivity contribution in [1.82, 2.24) is 9.55 Å². The van der Waals surface area contributed by atoms with Gasteiger partial charge in [0.25, 0.3) is 5.56 Å². The summed E-state index contributed by atoms with van der Waals surface area (Å²) < 4.78 is 1.57. The standard InChI is InChI=1S/C16H14ClN3O2S2/c1-2-20-15(22)13-11(9-3-5-10(17)6-4-9)7-23-14(13)19-16(20)24-8-12(18)21/h3-7H,2,8H2,1H3,(H2,18,21). The van der Waals surface area contributed by atoms with Crippen molar-refractivity contribution in [2.24, 2.45) is 5.73 Å². The van der Waals surface area contributed by atoms with E-state index in [0.717, 1.165) is 11.1 Å². The van der Waals surface area contributed by atoms with Crippen molar-refractivity contribution in [3.63, 3.8) is 0 Å². The minimum Gasteiger partial charge on any atom is -0.369 e. The Morgan fingerprint density at radius 1 is 1.38 bits per heavy atom. The summed E-state index contributed by atoms with van der Waals surface area (Å²) >= 11 is 8.53. The lowest BCUT2D eigenvalue weighted by atomic mass is 10.1. The number of halogens is 1. The number of amides is 1. The van der Waals surface area contributed by atoms with E-state index >= 15 is 0 Å². The normalized spacial score (nSPS) is 11.1. The molecule has 3 aromatic rings. The molecule has 0 unspecified atom stereocenters. The number of fused-ring (bicyclic) bond motifs is 1. The number of primary amides is 1. The summed E-state index contributed by atoms with van der Waals surface area (Å²) in [6.07, 6.45) is 0.